The minimum absolute atomic E-state index is 0.0288. The van der Waals surface area contributed by atoms with Gasteiger partial charge in [0.25, 0.3) is 0 Å². The zero-order valence-corrected chi connectivity index (χ0v) is 10.1. The van der Waals surface area contributed by atoms with Gasteiger partial charge in [0, 0.05) is 11.8 Å². The summed E-state index contributed by atoms with van der Waals surface area (Å²) in [6, 6.07) is 10.7. The summed E-state index contributed by atoms with van der Waals surface area (Å²) in [5.74, 6) is 1.01. The van der Waals surface area contributed by atoms with Gasteiger partial charge >= 0.3 is 0 Å². The van der Waals surface area contributed by atoms with E-state index in [9.17, 15) is 0 Å². The summed E-state index contributed by atoms with van der Waals surface area (Å²) < 4.78 is 5.65. The summed E-state index contributed by atoms with van der Waals surface area (Å²) in [4.78, 5) is 0. The molecule has 1 saturated carbocycles. The van der Waals surface area contributed by atoms with E-state index in [1.54, 1.807) is 0 Å². The smallest absolute Gasteiger partial charge is 0.110 e. The van der Waals surface area contributed by atoms with Crippen molar-refractivity contribution in [1.82, 2.24) is 0 Å². The highest BCUT2D eigenvalue weighted by Gasteiger charge is 2.46. The third-order valence-corrected chi connectivity index (χ3v) is 4.23. The molecule has 1 aromatic carbocycles. The molecule has 2 heteroatoms. The van der Waals surface area contributed by atoms with Crippen LogP contribution in [0.25, 0.3) is 0 Å². The van der Waals surface area contributed by atoms with Gasteiger partial charge < -0.3 is 10.5 Å². The van der Waals surface area contributed by atoms with Gasteiger partial charge in [-0.15, -0.1) is 0 Å². The fourth-order valence-electron chi connectivity index (χ4n) is 3.03. The molecule has 1 fully saturated rings. The van der Waals surface area contributed by atoms with Gasteiger partial charge in [-0.1, -0.05) is 36.8 Å². The zero-order valence-electron chi connectivity index (χ0n) is 10.1. The van der Waals surface area contributed by atoms with Crippen LogP contribution in [0, 0.1) is 0 Å². The van der Waals surface area contributed by atoms with E-state index in [1.807, 2.05) is 0 Å². The van der Waals surface area contributed by atoms with Crippen molar-refractivity contribution in [2.75, 3.05) is 6.61 Å². The number of hydrogen-bond donors (Lipinski definition) is 1. The second kappa shape index (κ2) is 4.19. The molecular formula is C15H19NO. The summed E-state index contributed by atoms with van der Waals surface area (Å²) >= 11 is 0. The lowest BCUT2D eigenvalue weighted by molar-refractivity contribution is 0.147. The Morgan fingerprint density at radius 1 is 1.18 bits per heavy atom. The number of hydrogen-bond acceptors (Lipinski definition) is 2. The second-order valence-corrected chi connectivity index (χ2v) is 5.10. The summed E-state index contributed by atoms with van der Waals surface area (Å²) in [5, 5.41) is 0. The maximum atomic E-state index is 6.46. The standard InChI is InChI=1S/C15H19NO/c16-14(13-8-4-11-17-13)15(9-5-10-15)12-6-2-1-3-7-12/h1-3,6-8,14H,4-5,9-11,16H2. The molecule has 17 heavy (non-hydrogen) atoms. The molecule has 0 spiro atoms. The molecule has 1 aliphatic carbocycles. The van der Waals surface area contributed by atoms with Crippen molar-refractivity contribution in [2.45, 2.75) is 37.1 Å². The number of rotatable bonds is 3. The Hall–Kier alpha value is -1.28. The van der Waals surface area contributed by atoms with Gasteiger partial charge in [-0.25, -0.2) is 0 Å². The van der Waals surface area contributed by atoms with Crippen LogP contribution >= 0.6 is 0 Å². The minimum Gasteiger partial charge on any atom is -0.496 e. The average molecular weight is 229 g/mol. The highest BCUT2D eigenvalue weighted by atomic mass is 16.5. The highest BCUT2D eigenvalue weighted by Crippen LogP contribution is 2.47. The van der Waals surface area contributed by atoms with Crippen molar-refractivity contribution in [3.8, 4) is 0 Å². The molecule has 1 unspecified atom stereocenters. The summed E-state index contributed by atoms with van der Waals surface area (Å²) in [6.45, 7) is 0.800. The molecule has 0 radical (unpaired) electrons. The van der Waals surface area contributed by atoms with Gasteiger partial charge in [0.15, 0.2) is 0 Å². The molecule has 1 atom stereocenters. The Kier molecular flexibility index (Phi) is 2.67. The van der Waals surface area contributed by atoms with E-state index in [0.29, 0.717) is 0 Å². The Morgan fingerprint density at radius 3 is 2.47 bits per heavy atom. The summed E-state index contributed by atoms with van der Waals surface area (Å²) in [7, 11) is 0. The largest absolute Gasteiger partial charge is 0.496 e. The van der Waals surface area contributed by atoms with E-state index >= 15 is 0 Å². The van der Waals surface area contributed by atoms with E-state index in [2.05, 4.69) is 36.4 Å². The second-order valence-electron chi connectivity index (χ2n) is 5.10. The summed E-state index contributed by atoms with van der Waals surface area (Å²) in [5.41, 5.74) is 7.95. The Balaban J connectivity index is 1.92. The van der Waals surface area contributed by atoms with Crippen LogP contribution < -0.4 is 5.73 Å². The predicted octanol–water partition coefficient (Wildman–Crippen LogP) is 2.74. The zero-order chi connectivity index (χ0) is 11.7. The van der Waals surface area contributed by atoms with Crippen LogP contribution in [0.5, 0.6) is 0 Å². The van der Waals surface area contributed by atoms with Crippen molar-refractivity contribution >= 4 is 0 Å². The number of benzene rings is 1. The number of nitrogens with two attached hydrogens (primary N) is 1. The quantitative estimate of drug-likeness (QED) is 0.865. The SMILES string of the molecule is NC(C1=CCCO1)C1(c2ccccc2)CCC1. The van der Waals surface area contributed by atoms with Crippen LogP contribution in [0.1, 0.15) is 31.2 Å². The van der Waals surface area contributed by atoms with Crippen LogP contribution in [0.2, 0.25) is 0 Å². The third-order valence-electron chi connectivity index (χ3n) is 4.23. The minimum atomic E-state index is 0.0288. The van der Waals surface area contributed by atoms with E-state index in [1.165, 1.54) is 24.8 Å². The van der Waals surface area contributed by atoms with Crippen molar-refractivity contribution < 1.29 is 4.74 Å². The lowest BCUT2D eigenvalue weighted by atomic mass is 9.60. The van der Waals surface area contributed by atoms with Crippen molar-refractivity contribution in [1.29, 1.82) is 0 Å². The molecule has 2 N–H and O–H groups in total. The van der Waals surface area contributed by atoms with Crippen molar-refractivity contribution in [3.63, 3.8) is 0 Å². The Bertz CT molecular complexity index is 420. The monoisotopic (exact) mass is 229 g/mol. The van der Waals surface area contributed by atoms with Crippen molar-refractivity contribution in [3.05, 3.63) is 47.7 Å². The maximum Gasteiger partial charge on any atom is 0.110 e. The van der Waals surface area contributed by atoms with Gasteiger partial charge in [-0.2, -0.15) is 0 Å². The highest BCUT2D eigenvalue weighted by molar-refractivity contribution is 5.34. The molecule has 2 nitrogen and oxygen atoms in total. The average Bonchev–Trinajstić information content (AvgIpc) is 2.82. The van der Waals surface area contributed by atoms with Crippen LogP contribution in [-0.4, -0.2) is 12.6 Å². The van der Waals surface area contributed by atoms with Gasteiger partial charge in [0.05, 0.1) is 12.6 Å². The molecule has 3 rings (SSSR count). The molecular weight excluding hydrogens is 210 g/mol. The molecule has 0 amide bonds. The third kappa shape index (κ3) is 1.67. The fraction of sp³-hybridized carbons (Fsp3) is 0.467. The first kappa shape index (κ1) is 10.8. The molecule has 0 aromatic heterocycles. The molecule has 1 aliphatic heterocycles. The van der Waals surface area contributed by atoms with Gasteiger partial charge in [-0.3, -0.25) is 0 Å². The van der Waals surface area contributed by atoms with Crippen LogP contribution in [0.4, 0.5) is 0 Å². The lowest BCUT2D eigenvalue weighted by Crippen LogP contribution is -2.51. The van der Waals surface area contributed by atoms with E-state index in [-0.39, 0.29) is 11.5 Å². The Morgan fingerprint density at radius 2 is 1.94 bits per heavy atom. The van der Waals surface area contributed by atoms with Gasteiger partial charge in [-0.05, 0) is 24.5 Å². The molecule has 1 heterocycles. The van der Waals surface area contributed by atoms with Crippen LogP contribution in [-0.2, 0) is 10.2 Å². The molecule has 90 valence electrons. The van der Waals surface area contributed by atoms with E-state index in [4.69, 9.17) is 10.5 Å². The van der Waals surface area contributed by atoms with Crippen molar-refractivity contribution in [2.24, 2.45) is 5.73 Å². The first-order chi connectivity index (χ1) is 8.33. The molecule has 0 saturated heterocycles. The summed E-state index contributed by atoms with van der Waals surface area (Å²) in [6.07, 6.45) is 6.80. The maximum absolute atomic E-state index is 6.46. The first-order valence-corrected chi connectivity index (χ1v) is 6.47. The fourth-order valence-corrected chi connectivity index (χ4v) is 3.03. The predicted molar refractivity (Wildman–Crippen MR) is 68.6 cm³/mol. The topological polar surface area (TPSA) is 35.2 Å². The van der Waals surface area contributed by atoms with E-state index < -0.39 is 0 Å². The number of ether oxygens (including phenoxy) is 1. The molecule has 0 bridgehead atoms. The van der Waals surface area contributed by atoms with E-state index in [0.717, 1.165) is 18.8 Å². The Labute approximate surface area is 102 Å². The molecule has 1 aromatic rings. The van der Waals surface area contributed by atoms with Crippen LogP contribution in [0.15, 0.2) is 42.2 Å². The lowest BCUT2D eigenvalue weighted by Gasteiger charge is -2.46. The van der Waals surface area contributed by atoms with Gasteiger partial charge in [0.1, 0.15) is 5.76 Å². The van der Waals surface area contributed by atoms with Crippen LogP contribution in [0.3, 0.4) is 0 Å². The molecule has 2 aliphatic rings. The first-order valence-electron chi connectivity index (χ1n) is 6.47. The van der Waals surface area contributed by atoms with Gasteiger partial charge in [0.2, 0.25) is 0 Å². The normalized spacial score (nSPS) is 23.5.